The van der Waals surface area contributed by atoms with Gasteiger partial charge in [-0.25, -0.2) is 0 Å². The van der Waals surface area contributed by atoms with E-state index in [2.05, 4.69) is 10.5 Å². The largest absolute Gasteiger partial charge is 0.360 e. The quantitative estimate of drug-likeness (QED) is 0.854. The molecule has 3 aliphatic rings. The zero-order chi connectivity index (χ0) is 17.8. The van der Waals surface area contributed by atoms with Gasteiger partial charge in [0.05, 0.1) is 0 Å². The van der Waals surface area contributed by atoms with E-state index in [4.69, 9.17) is 4.52 Å². The molecule has 132 valence electrons. The molecule has 1 aliphatic carbocycles. The molecule has 1 N–H and O–H groups in total. The first kappa shape index (κ1) is 15.3. The fourth-order valence-corrected chi connectivity index (χ4v) is 3.72. The molecular formula is C19H17N3O4. The number of rotatable bonds is 3. The normalized spacial score (nSPS) is 22.5. The maximum absolute atomic E-state index is 12.7. The van der Waals surface area contributed by atoms with Crippen LogP contribution in [0.1, 0.15) is 53.3 Å². The van der Waals surface area contributed by atoms with Crippen LogP contribution in [-0.4, -0.2) is 33.8 Å². The second-order valence-electron chi connectivity index (χ2n) is 7.16. The summed E-state index contributed by atoms with van der Waals surface area (Å²) in [7, 11) is 0. The van der Waals surface area contributed by atoms with Gasteiger partial charge in [-0.05, 0) is 37.0 Å². The van der Waals surface area contributed by atoms with Crippen molar-refractivity contribution in [3.8, 4) is 11.3 Å². The molecular weight excluding hydrogens is 334 g/mol. The number of hydrogen-bond acceptors (Lipinski definition) is 5. The predicted octanol–water partition coefficient (Wildman–Crippen LogP) is 1.98. The third-order valence-corrected chi connectivity index (χ3v) is 5.33. The first-order valence-corrected chi connectivity index (χ1v) is 8.85. The van der Waals surface area contributed by atoms with Gasteiger partial charge in [0, 0.05) is 36.1 Å². The third-order valence-electron chi connectivity index (χ3n) is 5.33. The average Bonchev–Trinajstić information content (AvgIpc) is 3.27. The van der Waals surface area contributed by atoms with Crippen molar-refractivity contribution in [3.05, 3.63) is 41.2 Å². The summed E-state index contributed by atoms with van der Waals surface area (Å²) in [4.78, 5) is 37.7. The molecule has 7 heteroatoms. The fourth-order valence-electron chi connectivity index (χ4n) is 3.72. The fraction of sp³-hybridized carbons (Fsp3) is 0.368. The van der Waals surface area contributed by atoms with Gasteiger partial charge >= 0.3 is 0 Å². The lowest BCUT2D eigenvalue weighted by Gasteiger charge is -2.29. The van der Waals surface area contributed by atoms with E-state index in [9.17, 15) is 14.4 Å². The number of hydrogen-bond donors (Lipinski definition) is 1. The summed E-state index contributed by atoms with van der Waals surface area (Å²) < 4.78 is 5.41. The third kappa shape index (κ3) is 2.42. The highest BCUT2D eigenvalue weighted by atomic mass is 16.5. The summed E-state index contributed by atoms with van der Waals surface area (Å²) in [5.74, 6) is 0.570. The number of carbonyl (C=O) groups is 3. The average molecular weight is 351 g/mol. The molecule has 0 radical (unpaired) electrons. The molecule has 5 rings (SSSR count). The van der Waals surface area contributed by atoms with Crippen LogP contribution in [0.5, 0.6) is 0 Å². The van der Waals surface area contributed by atoms with Crippen LogP contribution in [0.15, 0.2) is 28.8 Å². The first-order valence-electron chi connectivity index (χ1n) is 8.85. The molecule has 1 saturated heterocycles. The van der Waals surface area contributed by atoms with E-state index in [1.807, 2.05) is 18.2 Å². The van der Waals surface area contributed by atoms with E-state index in [1.54, 1.807) is 11.0 Å². The van der Waals surface area contributed by atoms with Crippen molar-refractivity contribution in [3.63, 3.8) is 0 Å². The van der Waals surface area contributed by atoms with Gasteiger partial charge in [0.2, 0.25) is 11.8 Å². The van der Waals surface area contributed by atoms with Crippen molar-refractivity contribution < 1.29 is 18.9 Å². The Balaban J connectivity index is 1.41. The van der Waals surface area contributed by atoms with E-state index in [0.29, 0.717) is 24.4 Å². The summed E-state index contributed by atoms with van der Waals surface area (Å²) in [6.45, 7) is 0.363. The number of nitrogens with one attached hydrogen (secondary N) is 1. The van der Waals surface area contributed by atoms with Gasteiger partial charge in [-0.15, -0.1) is 0 Å². The van der Waals surface area contributed by atoms with E-state index in [1.165, 1.54) is 0 Å². The van der Waals surface area contributed by atoms with Crippen LogP contribution in [-0.2, 0) is 16.1 Å². The minimum Gasteiger partial charge on any atom is -0.360 e. The van der Waals surface area contributed by atoms with Crippen LogP contribution >= 0.6 is 0 Å². The molecule has 3 heterocycles. The molecule has 1 aromatic heterocycles. The van der Waals surface area contributed by atoms with Gasteiger partial charge in [-0.1, -0.05) is 11.2 Å². The highest BCUT2D eigenvalue weighted by molar-refractivity contribution is 6.05. The molecule has 0 bridgehead atoms. The lowest BCUT2D eigenvalue weighted by molar-refractivity contribution is -0.136. The van der Waals surface area contributed by atoms with Crippen LogP contribution in [0.3, 0.4) is 0 Å². The lowest BCUT2D eigenvalue weighted by atomic mass is 10.0. The number of benzene rings is 1. The maximum Gasteiger partial charge on any atom is 0.255 e. The SMILES string of the molecule is O=C1CCC(N2Cc3cc(-c4cc(C5CC5)on4)ccc3C2=O)C(=O)N1. The van der Waals surface area contributed by atoms with Gasteiger partial charge in [0.1, 0.15) is 17.5 Å². The number of imide groups is 1. The van der Waals surface area contributed by atoms with E-state index < -0.39 is 11.9 Å². The van der Waals surface area contributed by atoms with Crippen LogP contribution in [0.4, 0.5) is 0 Å². The second kappa shape index (κ2) is 5.52. The predicted molar refractivity (Wildman–Crippen MR) is 90.0 cm³/mol. The zero-order valence-electron chi connectivity index (χ0n) is 14.0. The molecule has 2 fully saturated rings. The maximum atomic E-state index is 12.7. The van der Waals surface area contributed by atoms with Gasteiger partial charge in [0.15, 0.2) is 0 Å². The van der Waals surface area contributed by atoms with Crippen LogP contribution in [0.2, 0.25) is 0 Å². The first-order chi connectivity index (χ1) is 12.6. The summed E-state index contributed by atoms with van der Waals surface area (Å²) in [6, 6.07) is 6.95. The van der Waals surface area contributed by atoms with Crippen molar-refractivity contribution in [2.24, 2.45) is 0 Å². The van der Waals surface area contributed by atoms with Crippen LogP contribution in [0, 0.1) is 0 Å². The molecule has 1 atom stereocenters. The number of piperidine rings is 1. The minimum absolute atomic E-state index is 0.167. The van der Waals surface area contributed by atoms with Gasteiger partial charge < -0.3 is 9.42 Å². The van der Waals surface area contributed by atoms with Crippen molar-refractivity contribution >= 4 is 17.7 Å². The Kier molecular flexibility index (Phi) is 3.25. The smallest absolute Gasteiger partial charge is 0.255 e. The van der Waals surface area contributed by atoms with Gasteiger partial charge in [-0.2, -0.15) is 0 Å². The van der Waals surface area contributed by atoms with Crippen molar-refractivity contribution in [2.75, 3.05) is 0 Å². The van der Waals surface area contributed by atoms with Crippen molar-refractivity contribution in [2.45, 2.75) is 44.2 Å². The topological polar surface area (TPSA) is 92.5 Å². The summed E-state index contributed by atoms with van der Waals surface area (Å²) in [5.41, 5.74) is 3.14. The molecule has 0 spiro atoms. The Hall–Kier alpha value is -2.96. The lowest BCUT2D eigenvalue weighted by Crippen LogP contribution is -2.52. The monoisotopic (exact) mass is 351 g/mol. The standard InChI is InChI=1S/C19H17N3O4/c23-17-6-5-15(18(24)20-17)22-9-12-7-11(3-4-13(12)19(22)25)14-8-16(26-21-14)10-1-2-10/h3-4,7-8,10,15H,1-2,5-6,9H2,(H,20,23,24). The van der Waals surface area contributed by atoms with Crippen LogP contribution < -0.4 is 5.32 Å². The molecule has 1 saturated carbocycles. The number of nitrogens with zero attached hydrogens (tertiary/aromatic N) is 2. The molecule has 1 aromatic carbocycles. The Labute approximate surface area is 149 Å². The van der Waals surface area contributed by atoms with E-state index in [-0.39, 0.29) is 18.2 Å². The van der Waals surface area contributed by atoms with Crippen molar-refractivity contribution in [1.82, 2.24) is 15.4 Å². The molecule has 7 nitrogen and oxygen atoms in total. The number of amides is 3. The Morgan fingerprint density at radius 1 is 1.12 bits per heavy atom. The summed E-state index contributed by atoms with van der Waals surface area (Å²) in [6.07, 6.45) is 2.92. The van der Waals surface area contributed by atoms with Crippen molar-refractivity contribution in [1.29, 1.82) is 0 Å². The molecule has 26 heavy (non-hydrogen) atoms. The Morgan fingerprint density at radius 2 is 1.96 bits per heavy atom. The highest BCUT2D eigenvalue weighted by Gasteiger charge is 2.39. The Morgan fingerprint density at radius 3 is 2.73 bits per heavy atom. The number of carbonyl (C=O) groups excluding carboxylic acids is 3. The molecule has 1 unspecified atom stereocenters. The Bertz CT molecular complexity index is 944. The second-order valence-corrected chi connectivity index (χ2v) is 7.16. The molecule has 2 aromatic rings. The van der Waals surface area contributed by atoms with Gasteiger partial charge in [-0.3, -0.25) is 19.7 Å². The summed E-state index contributed by atoms with van der Waals surface area (Å²) in [5, 5.41) is 6.46. The molecule has 3 amide bonds. The number of aromatic nitrogens is 1. The van der Waals surface area contributed by atoms with Gasteiger partial charge in [0.25, 0.3) is 5.91 Å². The van der Waals surface area contributed by atoms with E-state index in [0.717, 1.165) is 35.4 Å². The summed E-state index contributed by atoms with van der Waals surface area (Å²) >= 11 is 0. The molecule has 2 aliphatic heterocycles. The van der Waals surface area contributed by atoms with E-state index >= 15 is 0 Å². The van der Waals surface area contributed by atoms with Crippen LogP contribution in [0.25, 0.3) is 11.3 Å². The number of fused-ring (bicyclic) bond motifs is 1. The minimum atomic E-state index is -0.593. The zero-order valence-corrected chi connectivity index (χ0v) is 14.0. The highest BCUT2D eigenvalue weighted by Crippen LogP contribution is 2.41.